The number of halogens is 1. The molecule has 2 rings (SSSR count). The highest BCUT2D eigenvalue weighted by Crippen LogP contribution is 2.20. The van der Waals surface area contributed by atoms with E-state index in [-0.39, 0.29) is 11.9 Å². The molecule has 2 aromatic rings. The SMILES string of the molecule is CCN(CC)c1ccc(NC(=O)C(C)n2cc(Br)c(C)n2)cc1. The Morgan fingerprint density at radius 3 is 2.39 bits per heavy atom. The first-order chi connectivity index (χ1) is 11.0. The average molecular weight is 379 g/mol. The summed E-state index contributed by atoms with van der Waals surface area (Å²) in [5.41, 5.74) is 2.82. The van der Waals surface area contributed by atoms with Crippen LogP contribution >= 0.6 is 15.9 Å². The van der Waals surface area contributed by atoms with Gasteiger partial charge in [-0.2, -0.15) is 5.10 Å². The van der Waals surface area contributed by atoms with Gasteiger partial charge >= 0.3 is 0 Å². The number of aromatic nitrogens is 2. The Labute approximate surface area is 145 Å². The fourth-order valence-electron chi connectivity index (χ4n) is 2.37. The van der Waals surface area contributed by atoms with E-state index in [0.717, 1.165) is 34.6 Å². The van der Waals surface area contributed by atoms with Gasteiger partial charge in [-0.3, -0.25) is 9.48 Å². The highest BCUT2D eigenvalue weighted by Gasteiger charge is 2.17. The van der Waals surface area contributed by atoms with E-state index in [4.69, 9.17) is 0 Å². The van der Waals surface area contributed by atoms with Crippen LogP contribution in [0.4, 0.5) is 11.4 Å². The minimum absolute atomic E-state index is 0.0874. The van der Waals surface area contributed by atoms with Gasteiger partial charge in [-0.25, -0.2) is 0 Å². The second kappa shape index (κ2) is 7.64. The molecule has 0 bridgehead atoms. The van der Waals surface area contributed by atoms with Gasteiger partial charge in [0.05, 0.1) is 10.2 Å². The van der Waals surface area contributed by atoms with Gasteiger partial charge in [0.25, 0.3) is 0 Å². The van der Waals surface area contributed by atoms with E-state index >= 15 is 0 Å². The number of hydrogen-bond acceptors (Lipinski definition) is 3. The normalized spacial score (nSPS) is 12.0. The molecule has 6 heteroatoms. The van der Waals surface area contributed by atoms with E-state index in [1.54, 1.807) is 4.68 Å². The highest BCUT2D eigenvalue weighted by atomic mass is 79.9. The average Bonchev–Trinajstić information content (AvgIpc) is 2.88. The first kappa shape index (κ1) is 17.5. The van der Waals surface area contributed by atoms with E-state index in [9.17, 15) is 4.79 Å². The minimum Gasteiger partial charge on any atom is -0.372 e. The van der Waals surface area contributed by atoms with Crippen LogP contribution in [0.25, 0.3) is 0 Å². The van der Waals surface area contributed by atoms with Crippen LogP contribution in [0.2, 0.25) is 0 Å². The number of anilines is 2. The maximum absolute atomic E-state index is 12.4. The second-order valence-electron chi connectivity index (χ2n) is 5.43. The van der Waals surface area contributed by atoms with Gasteiger partial charge in [0.15, 0.2) is 0 Å². The van der Waals surface area contributed by atoms with Crippen LogP contribution in [0.1, 0.15) is 32.5 Å². The molecule has 124 valence electrons. The van der Waals surface area contributed by atoms with Crippen molar-refractivity contribution in [2.45, 2.75) is 33.7 Å². The molecule has 1 amide bonds. The standard InChI is InChI=1S/C17H23BrN4O/c1-5-21(6-2)15-9-7-14(8-10-15)19-17(23)13(4)22-11-16(18)12(3)20-22/h7-11,13H,5-6H2,1-4H3,(H,19,23). The van der Waals surface area contributed by atoms with Gasteiger partial charge in [0.2, 0.25) is 5.91 Å². The second-order valence-corrected chi connectivity index (χ2v) is 6.28. The van der Waals surface area contributed by atoms with Crippen molar-refractivity contribution in [2.75, 3.05) is 23.3 Å². The molecule has 0 aliphatic rings. The Bertz CT molecular complexity index is 642. The number of nitrogens with zero attached hydrogens (tertiary/aromatic N) is 3. The van der Waals surface area contributed by atoms with Crippen molar-refractivity contribution in [1.29, 1.82) is 0 Å². The van der Waals surface area contributed by atoms with Crippen LogP contribution in [0, 0.1) is 6.92 Å². The molecule has 0 aliphatic carbocycles. The monoisotopic (exact) mass is 378 g/mol. The number of nitrogens with one attached hydrogen (secondary N) is 1. The first-order valence-corrected chi connectivity index (χ1v) is 8.62. The number of benzene rings is 1. The van der Waals surface area contributed by atoms with Gasteiger partial charge < -0.3 is 10.2 Å². The molecule has 1 aromatic heterocycles. The van der Waals surface area contributed by atoms with Crippen LogP contribution < -0.4 is 10.2 Å². The van der Waals surface area contributed by atoms with E-state index in [2.05, 4.69) is 45.1 Å². The lowest BCUT2D eigenvalue weighted by Gasteiger charge is -2.21. The quantitative estimate of drug-likeness (QED) is 0.826. The zero-order valence-electron chi connectivity index (χ0n) is 14.0. The zero-order valence-corrected chi connectivity index (χ0v) is 15.6. The summed E-state index contributed by atoms with van der Waals surface area (Å²) < 4.78 is 2.57. The summed E-state index contributed by atoms with van der Waals surface area (Å²) in [6.45, 7) is 9.92. The number of rotatable bonds is 6. The molecule has 1 N–H and O–H groups in total. The smallest absolute Gasteiger partial charge is 0.248 e. The molecule has 0 saturated heterocycles. The van der Waals surface area contributed by atoms with Crippen molar-refractivity contribution >= 4 is 33.2 Å². The summed E-state index contributed by atoms with van der Waals surface area (Å²) in [5.74, 6) is -0.0874. The van der Waals surface area contributed by atoms with E-state index in [1.165, 1.54) is 0 Å². The maximum atomic E-state index is 12.4. The third-order valence-electron chi connectivity index (χ3n) is 3.90. The van der Waals surface area contributed by atoms with Crippen molar-refractivity contribution < 1.29 is 4.79 Å². The van der Waals surface area contributed by atoms with Crippen molar-refractivity contribution in [3.8, 4) is 0 Å². The Hall–Kier alpha value is -1.82. The third-order valence-corrected chi connectivity index (χ3v) is 4.67. The van der Waals surface area contributed by atoms with Gasteiger partial charge in [0.1, 0.15) is 6.04 Å². The van der Waals surface area contributed by atoms with Crippen LogP contribution in [0.15, 0.2) is 34.9 Å². The number of amides is 1. The summed E-state index contributed by atoms with van der Waals surface area (Å²) in [5, 5.41) is 7.27. The molecule has 0 spiro atoms. The predicted molar refractivity (Wildman–Crippen MR) is 98.0 cm³/mol. The molecule has 23 heavy (non-hydrogen) atoms. The predicted octanol–water partition coefficient (Wildman–Crippen LogP) is 4.00. The molecule has 1 heterocycles. The van der Waals surface area contributed by atoms with Crippen LogP contribution in [-0.2, 0) is 4.79 Å². The number of aryl methyl sites for hydroxylation is 1. The van der Waals surface area contributed by atoms with Crippen LogP contribution in [-0.4, -0.2) is 28.8 Å². The Kier molecular flexibility index (Phi) is 5.82. The first-order valence-electron chi connectivity index (χ1n) is 7.83. The number of hydrogen-bond donors (Lipinski definition) is 1. The molecule has 0 radical (unpaired) electrons. The van der Waals surface area contributed by atoms with Crippen molar-refractivity contribution in [2.24, 2.45) is 0 Å². The summed E-state index contributed by atoms with van der Waals surface area (Å²) in [7, 11) is 0. The fraction of sp³-hybridized carbons (Fsp3) is 0.412. The van der Waals surface area contributed by atoms with E-state index < -0.39 is 0 Å². The lowest BCUT2D eigenvalue weighted by molar-refractivity contribution is -0.119. The Morgan fingerprint density at radius 1 is 1.30 bits per heavy atom. The maximum Gasteiger partial charge on any atom is 0.248 e. The topological polar surface area (TPSA) is 50.2 Å². The minimum atomic E-state index is -0.373. The Balaban J connectivity index is 2.05. The van der Waals surface area contributed by atoms with Crippen LogP contribution in [0.3, 0.4) is 0 Å². The molecule has 1 aromatic carbocycles. The lowest BCUT2D eigenvalue weighted by Crippen LogP contribution is -2.24. The third kappa shape index (κ3) is 4.13. The van der Waals surface area contributed by atoms with Gasteiger partial charge in [-0.15, -0.1) is 0 Å². The number of carbonyl (C=O) groups is 1. The molecular weight excluding hydrogens is 356 g/mol. The van der Waals surface area contributed by atoms with Crippen molar-refractivity contribution in [3.05, 3.63) is 40.6 Å². The molecule has 0 aliphatic heterocycles. The number of carbonyl (C=O) groups excluding carboxylic acids is 1. The molecule has 0 fully saturated rings. The summed E-state index contributed by atoms with van der Waals surface area (Å²) in [4.78, 5) is 14.6. The molecule has 1 atom stereocenters. The lowest BCUT2D eigenvalue weighted by atomic mass is 10.2. The zero-order chi connectivity index (χ0) is 17.0. The molecule has 0 saturated carbocycles. The highest BCUT2D eigenvalue weighted by molar-refractivity contribution is 9.10. The molecule has 1 unspecified atom stereocenters. The molecule has 5 nitrogen and oxygen atoms in total. The summed E-state index contributed by atoms with van der Waals surface area (Å²) >= 11 is 3.42. The van der Waals surface area contributed by atoms with Crippen LogP contribution in [0.5, 0.6) is 0 Å². The van der Waals surface area contributed by atoms with E-state index in [0.29, 0.717) is 0 Å². The van der Waals surface area contributed by atoms with Gasteiger partial charge in [-0.1, -0.05) is 0 Å². The molecular formula is C17H23BrN4O. The van der Waals surface area contributed by atoms with Gasteiger partial charge in [-0.05, 0) is 67.9 Å². The van der Waals surface area contributed by atoms with Crippen molar-refractivity contribution in [3.63, 3.8) is 0 Å². The van der Waals surface area contributed by atoms with Gasteiger partial charge in [0, 0.05) is 30.7 Å². The Morgan fingerprint density at radius 2 is 1.91 bits per heavy atom. The summed E-state index contributed by atoms with van der Waals surface area (Å²) in [6, 6.07) is 7.55. The largest absolute Gasteiger partial charge is 0.372 e. The summed E-state index contributed by atoms with van der Waals surface area (Å²) in [6.07, 6.45) is 1.82. The fourth-order valence-corrected chi connectivity index (χ4v) is 2.66. The van der Waals surface area contributed by atoms with Crippen molar-refractivity contribution in [1.82, 2.24) is 9.78 Å². The van der Waals surface area contributed by atoms with E-state index in [1.807, 2.05) is 44.3 Å².